The Morgan fingerprint density at radius 1 is 1.06 bits per heavy atom. The maximum atomic E-state index is 9.22. The minimum Gasteiger partial charge on any atom is -0.192 e. The molecule has 0 fully saturated rings. The molecule has 2 aromatic rings. The molecule has 0 atom stereocenters. The van der Waals surface area contributed by atoms with Crippen LogP contribution in [0.3, 0.4) is 0 Å². The van der Waals surface area contributed by atoms with E-state index in [1.54, 1.807) is 11.8 Å². The lowest BCUT2D eigenvalue weighted by molar-refractivity contribution is 1.45. The third-order valence-electron chi connectivity index (χ3n) is 2.63. The molecule has 18 heavy (non-hydrogen) atoms. The number of hydrogen-bond acceptors (Lipinski definition) is 2. The van der Waals surface area contributed by atoms with Crippen LogP contribution < -0.4 is 0 Å². The van der Waals surface area contributed by atoms with Gasteiger partial charge in [0, 0.05) is 4.90 Å². The standard InChI is InChI=1S/C16H13NS/c1-18-16-9-7-13(8-10-16)11-15(12-17)14-5-3-2-4-6-14/h2-11H,1H3/b15-11-. The van der Waals surface area contributed by atoms with E-state index in [0.717, 1.165) is 11.1 Å². The van der Waals surface area contributed by atoms with Gasteiger partial charge < -0.3 is 0 Å². The van der Waals surface area contributed by atoms with E-state index < -0.39 is 0 Å². The average molecular weight is 251 g/mol. The zero-order chi connectivity index (χ0) is 12.8. The zero-order valence-corrected chi connectivity index (χ0v) is 10.9. The molecule has 0 amide bonds. The average Bonchev–Trinajstić information content (AvgIpc) is 2.46. The lowest BCUT2D eigenvalue weighted by Gasteiger charge is -2.00. The molecule has 2 aromatic carbocycles. The monoisotopic (exact) mass is 251 g/mol. The Morgan fingerprint density at radius 3 is 2.28 bits per heavy atom. The molecule has 0 bridgehead atoms. The molecule has 0 aliphatic carbocycles. The van der Waals surface area contributed by atoms with Gasteiger partial charge in [0.15, 0.2) is 0 Å². The summed E-state index contributed by atoms with van der Waals surface area (Å²) >= 11 is 1.71. The van der Waals surface area contributed by atoms with Gasteiger partial charge in [0.25, 0.3) is 0 Å². The molecule has 0 heterocycles. The molecule has 0 saturated carbocycles. The molecule has 0 aromatic heterocycles. The van der Waals surface area contributed by atoms with Gasteiger partial charge in [-0.15, -0.1) is 11.8 Å². The van der Waals surface area contributed by atoms with Crippen LogP contribution in [0.15, 0.2) is 59.5 Å². The number of benzene rings is 2. The van der Waals surface area contributed by atoms with E-state index in [2.05, 4.69) is 24.5 Å². The van der Waals surface area contributed by atoms with Crippen LogP contribution in [0.5, 0.6) is 0 Å². The van der Waals surface area contributed by atoms with Gasteiger partial charge in [-0.2, -0.15) is 5.26 Å². The van der Waals surface area contributed by atoms with Crippen LogP contribution in [0.2, 0.25) is 0 Å². The maximum absolute atomic E-state index is 9.22. The van der Waals surface area contributed by atoms with Gasteiger partial charge in [0.2, 0.25) is 0 Å². The van der Waals surface area contributed by atoms with Crippen molar-refractivity contribution < 1.29 is 0 Å². The molecule has 0 aliphatic rings. The number of allylic oxidation sites excluding steroid dienone is 1. The SMILES string of the molecule is CSc1ccc(/C=C(/C#N)c2ccccc2)cc1. The first-order valence-electron chi connectivity index (χ1n) is 5.65. The van der Waals surface area contributed by atoms with Crippen molar-refractivity contribution in [2.75, 3.05) is 6.26 Å². The first-order chi connectivity index (χ1) is 8.83. The highest BCUT2D eigenvalue weighted by atomic mass is 32.2. The highest BCUT2D eigenvalue weighted by Gasteiger charge is 1.99. The van der Waals surface area contributed by atoms with Crippen LogP contribution >= 0.6 is 11.8 Å². The molecule has 0 saturated heterocycles. The third kappa shape index (κ3) is 3.03. The molecular formula is C16H13NS. The molecule has 2 heteroatoms. The van der Waals surface area contributed by atoms with Crippen LogP contribution in [0.1, 0.15) is 11.1 Å². The fourth-order valence-corrected chi connectivity index (χ4v) is 2.07. The van der Waals surface area contributed by atoms with Crippen LogP contribution in [-0.4, -0.2) is 6.26 Å². The number of nitriles is 1. The van der Waals surface area contributed by atoms with Crippen molar-refractivity contribution in [2.45, 2.75) is 4.90 Å². The molecule has 88 valence electrons. The van der Waals surface area contributed by atoms with Gasteiger partial charge >= 0.3 is 0 Å². The van der Waals surface area contributed by atoms with Crippen molar-refractivity contribution in [3.63, 3.8) is 0 Å². The topological polar surface area (TPSA) is 23.8 Å². The second-order valence-corrected chi connectivity index (χ2v) is 4.69. The highest BCUT2D eigenvalue weighted by molar-refractivity contribution is 7.98. The molecular weight excluding hydrogens is 238 g/mol. The zero-order valence-electron chi connectivity index (χ0n) is 10.1. The Labute approximate surface area is 112 Å². The quantitative estimate of drug-likeness (QED) is 0.456. The highest BCUT2D eigenvalue weighted by Crippen LogP contribution is 2.20. The van der Waals surface area contributed by atoms with Crippen molar-refractivity contribution >= 4 is 23.4 Å². The first-order valence-corrected chi connectivity index (χ1v) is 6.87. The molecule has 0 aliphatic heterocycles. The summed E-state index contributed by atoms with van der Waals surface area (Å²) in [6, 6.07) is 20.2. The molecule has 0 unspecified atom stereocenters. The van der Waals surface area contributed by atoms with E-state index in [0.29, 0.717) is 5.57 Å². The summed E-state index contributed by atoms with van der Waals surface area (Å²) in [6.45, 7) is 0. The predicted molar refractivity (Wildman–Crippen MR) is 78.1 cm³/mol. The predicted octanol–water partition coefficient (Wildman–Crippen LogP) is 4.47. The maximum Gasteiger partial charge on any atom is 0.0998 e. The number of rotatable bonds is 3. The Balaban J connectivity index is 2.33. The largest absolute Gasteiger partial charge is 0.192 e. The summed E-state index contributed by atoms with van der Waals surface area (Å²) in [5.74, 6) is 0. The van der Waals surface area contributed by atoms with Crippen molar-refractivity contribution in [1.82, 2.24) is 0 Å². The summed E-state index contributed by atoms with van der Waals surface area (Å²) in [7, 11) is 0. The van der Waals surface area contributed by atoms with Crippen molar-refractivity contribution in [3.8, 4) is 6.07 Å². The van der Waals surface area contributed by atoms with E-state index in [9.17, 15) is 5.26 Å². The lowest BCUT2D eigenvalue weighted by Crippen LogP contribution is -1.81. The fourth-order valence-electron chi connectivity index (χ4n) is 1.66. The van der Waals surface area contributed by atoms with Gasteiger partial charge in [0.1, 0.15) is 0 Å². The van der Waals surface area contributed by atoms with Crippen LogP contribution in [-0.2, 0) is 0 Å². The summed E-state index contributed by atoms with van der Waals surface area (Å²) in [6.07, 6.45) is 3.97. The third-order valence-corrected chi connectivity index (χ3v) is 3.38. The minimum absolute atomic E-state index is 0.688. The number of nitrogens with zero attached hydrogens (tertiary/aromatic N) is 1. The Morgan fingerprint density at radius 2 is 1.72 bits per heavy atom. The fraction of sp³-hybridized carbons (Fsp3) is 0.0625. The van der Waals surface area contributed by atoms with Crippen LogP contribution in [0.25, 0.3) is 11.6 Å². The smallest absolute Gasteiger partial charge is 0.0998 e. The van der Waals surface area contributed by atoms with Gasteiger partial charge in [-0.25, -0.2) is 0 Å². The van der Waals surface area contributed by atoms with E-state index in [1.165, 1.54) is 4.90 Å². The van der Waals surface area contributed by atoms with E-state index in [-0.39, 0.29) is 0 Å². The molecule has 1 nitrogen and oxygen atoms in total. The van der Waals surface area contributed by atoms with E-state index >= 15 is 0 Å². The molecule has 0 N–H and O–H groups in total. The van der Waals surface area contributed by atoms with Crippen molar-refractivity contribution in [3.05, 3.63) is 65.7 Å². The van der Waals surface area contributed by atoms with Crippen molar-refractivity contribution in [2.24, 2.45) is 0 Å². The summed E-state index contributed by atoms with van der Waals surface area (Å²) < 4.78 is 0. The molecule has 2 rings (SSSR count). The van der Waals surface area contributed by atoms with Crippen molar-refractivity contribution in [1.29, 1.82) is 5.26 Å². The normalized spacial score (nSPS) is 11.0. The van der Waals surface area contributed by atoms with Gasteiger partial charge in [0.05, 0.1) is 11.6 Å². The van der Waals surface area contributed by atoms with Gasteiger partial charge in [-0.3, -0.25) is 0 Å². The second kappa shape index (κ2) is 6.09. The van der Waals surface area contributed by atoms with E-state index in [1.807, 2.05) is 48.5 Å². The lowest BCUT2D eigenvalue weighted by atomic mass is 10.0. The van der Waals surface area contributed by atoms with Gasteiger partial charge in [-0.1, -0.05) is 42.5 Å². The minimum atomic E-state index is 0.688. The summed E-state index contributed by atoms with van der Waals surface area (Å²) in [5, 5.41) is 9.22. The summed E-state index contributed by atoms with van der Waals surface area (Å²) in [5.41, 5.74) is 2.69. The second-order valence-electron chi connectivity index (χ2n) is 3.81. The van der Waals surface area contributed by atoms with Crippen LogP contribution in [0, 0.1) is 11.3 Å². The van der Waals surface area contributed by atoms with Gasteiger partial charge in [-0.05, 0) is 35.6 Å². The molecule has 0 spiro atoms. The molecule has 0 radical (unpaired) electrons. The Hall–Kier alpha value is -1.98. The van der Waals surface area contributed by atoms with E-state index in [4.69, 9.17) is 0 Å². The number of thioether (sulfide) groups is 1. The summed E-state index contributed by atoms with van der Waals surface area (Å²) in [4.78, 5) is 1.23. The Kier molecular flexibility index (Phi) is 4.22. The Bertz CT molecular complexity index is 577. The van der Waals surface area contributed by atoms with Crippen LogP contribution in [0.4, 0.5) is 0 Å². The first kappa shape index (κ1) is 12.5. The number of hydrogen-bond donors (Lipinski definition) is 0.